The Labute approximate surface area is 115 Å². The third-order valence-corrected chi connectivity index (χ3v) is 3.04. The van der Waals surface area contributed by atoms with E-state index in [9.17, 15) is 0 Å². The first-order valence-electron chi connectivity index (χ1n) is 7.04. The molecule has 0 saturated carbocycles. The molecule has 1 aliphatic heterocycles. The lowest BCUT2D eigenvalue weighted by atomic mass is 10.00. The van der Waals surface area contributed by atoms with Crippen molar-refractivity contribution in [3.05, 3.63) is 29.8 Å². The summed E-state index contributed by atoms with van der Waals surface area (Å²) in [6.07, 6.45) is 3.47. The maximum Gasteiger partial charge on any atom is 0.161 e. The van der Waals surface area contributed by atoms with Crippen LogP contribution >= 0.6 is 0 Å². The predicted octanol–water partition coefficient (Wildman–Crippen LogP) is 3.25. The van der Waals surface area contributed by atoms with E-state index >= 15 is 0 Å². The summed E-state index contributed by atoms with van der Waals surface area (Å²) in [6.45, 7) is 8.69. The van der Waals surface area contributed by atoms with Gasteiger partial charge in [0.25, 0.3) is 0 Å². The van der Waals surface area contributed by atoms with E-state index in [0.29, 0.717) is 6.61 Å². The van der Waals surface area contributed by atoms with E-state index in [4.69, 9.17) is 9.47 Å². The maximum atomic E-state index is 5.78. The zero-order valence-electron chi connectivity index (χ0n) is 12.0. The number of rotatable bonds is 5. The van der Waals surface area contributed by atoms with Crippen molar-refractivity contribution in [1.82, 2.24) is 5.32 Å². The standard InChI is InChI=1S/C16H23NO2/c1-4-18-16-11-14(13-7-9-17-10-8-13)5-6-15(16)19-12(2)3/h5-7,11-12,17H,4,8-10H2,1-3H3. The average Bonchev–Trinajstić information content (AvgIpc) is 2.41. The van der Waals surface area contributed by atoms with Crippen LogP contribution in [0.15, 0.2) is 24.3 Å². The minimum atomic E-state index is 0.156. The molecule has 1 aromatic rings. The molecule has 0 radical (unpaired) electrons. The van der Waals surface area contributed by atoms with Gasteiger partial charge in [0.05, 0.1) is 12.7 Å². The molecule has 0 amide bonds. The molecule has 0 fully saturated rings. The molecular weight excluding hydrogens is 238 g/mol. The van der Waals surface area contributed by atoms with E-state index in [1.807, 2.05) is 26.8 Å². The van der Waals surface area contributed by atoms with Gasteiger partial charge in [0.15, 0.2) is 11.5 Å². The first-order valence-corrected chi connectivity index (χ1v) is 7.04. The smallest absolute Gasteiger partial charge is 0.161 e. The zero-order valence-corrected chi connectivity index (χ0v) is 12.0. The highest BCUT2D eigenvalue weighted by Gasteiger charge is 2.11. The quantitative estimate of drug-likeness (QED) is 0.882. The number of nitrogens with one attached hydrogen (secondary N) is 1. The number of benzene rings is 1. The molecule has 19 heavy (non-hydrogen) atoms. The van der Waals surface area contributed by atoms with Gasteiger partial charge in [0.2, 0.25) is 0 Å². The van der Waals surface area contributed by atoms with Crippen LogP contribution < -0.4 is 14.8 Å². The molecular formula is C16H23NO2. The summed E-state index contributed by atoms with van der Waals surface area (Å²) >= 11 is 0. The first-order chi connectivity index (χ1) is 9.20. The Bertz CT molecular complexity index is 452. The normalized spacial score (nSPS) is 15.3. The zero-order chi connectivity index (χ0) is 13.7. The van der Waals surface area contributed by atoms with Crippen LogP contribution in [0.2, 0.25) is 0 Å². The van der Waals surface area contributed by atoms with E-state index in [2.05, 4.69) is 23.5 Å². The second-order valence-electron chi connectivity index (χ2n) is 4.94. The fourth-order valence-corrected chi connectivity index (χ4v) is 2.21. The molecule has 0 bridgehead atoms. The molecule has 0 aromatic heterocycles. The molecule has 104 valence electrons. The lowest BCUT2D eigenvalue weighted by molar-refractivity contribution is 0.224. The Morgan fingerprint density at radius 2 is 2.11 bits per heavy atom. The van der Waals surface area contributed by atoms with Crippen LogP contribution in [0.3, 0.4) is 0 Å². The van der Waals surface area contributed by atoms with Crippen LogP contribution in [0.5, 0.6) is 11.5 Å². The van der Waals surface area contributed by atoms with Crippen molar-refractivity contribution >= 4 is 5.57 Å². The Balaban J connectivity index is 2.27. The SMILES string of the molecule is CCOc1cc(C2=CCNCC2)ccc1OC(C)C. The average molecular weight is 261 g/mol. The minimum Gasteiger partial charge on any atom is -0.490 e. The second-order valence-corrected chi connectivity index (χ2v) is 4.94. The van der Waals surface area contributed by atoms with E-state index < -0.39 is 0 Å². The molecule has 0 spiro atoms. The summed E-state index contributed by atoms with van der Waals surface area (Å²) in [5.74, 6) is 1.67. The molecule has 3 heteroatoms. The molecule has 1 aliphatic rings. The van der Waals surface area contributed by atoms with Gasteiger partial charge in [-0.05, 0) is 57.0 Å². The van der Waals surface area contributed by atoms with Gasteiger partial charge in [0, 0.05) is 6.54 Å². The largest absolute Gasteiger partial charge is 0.490 e. The van der Waals surface area contributed by atoms with Crippen molar-refractivity contribution < 1.29 is 9.47 Å². The van der Waals surface area contributed by atoms with Crippen LogP contribution in [0.4, 0.5) is 0 Å². The topological polar surface area (TPSA) is 30.5 Å². The molecule has 2 rings (SSSR count). The molecule has 0 saturated heterocycles. The van der Waals surface area contributed by atoms with Gasteiger partial charge in [-0.2, -0.15) is 0 Å². The lowest BCUT2D eigenvalue weighted by Gasteiger charge is -2.18. The van der Waals surface area contributed by atoms with Crippen LogP contribution in [0.25, 0.3) is 5.57 Å². The van der Waals surface area contributed by atoms with Crippen molar-refractivity contribution in [2.75, 3.05) is 19.7 Å². The fourth-order valence-electron chi connectivity index (χ4n) is 2.21. The van der Waals surface area contributed by atoms with Gasteiger partial charge in [-0.25, -0.2) is 0 Å². The van der Waals surface area contributed by atoms with Crippen molar-refractivity contribution in [3.63, 3.8) is 0 Å². The van der Waals surface area contributed by atoms with Gasteiger partial charge in [-0.3, -0.25) is 0 Å². The molecule has 0 unspecified atom stereocenters. The van der Waals surface area contributed by atoms with Gasteiger partial charge in [-0.1, -0.05) is 12.1 Å². The Morgan fingerprint density at radius 1 is 1.26 bits per heavy atom. The molecule has 3 nitrogen and oxygen atoms in total. The number of hydrogen-bond donors (Lipinski definition) is 1. The van der Waals surface area contributed by atoms with Gasteiger partial charge >= 0.3 is 0 Å². The summed E-state index contributed by atoms with van der Waals surface area (Å²) in [5, 5.41) is 3.33. The second kappa shape index (κ2) is 6.62. The van der Waals surface area contributed by atoms with Crippen molar-refractivity contribution in [1.29, 1.82) is 0 Å². The maximum absolute atomic E-state index is 5.78. The van der Waals surface area contributed by atoms with Crippen molar-refractivity contribution in [2.24, 2.45) is 0 Å². The Kier molecular flexibility index (Phi) is 4.86. The Hall–Kier alpha value is -1.48. The summed E-state index contributed by atoms with van der Waals surface area (Å²) in [7, 11) is 0. The van der Waals surface area contributed by atoms with Gasteiger partial charge in [0.1, 0.15) is 0 Å². The predicted molar refractivity (Wildman–Crippen MR) is 78.8 cm³/mol. The molecule has 1 heterocycles. The number of ether oxygens (including phenoxy) is 2. The summed E-state index contributed by atoms with van der Waals surface area (Å²) in [5.41, 5.74) is 2.62. The lowest BCUT2D eigenvalue weighted by Crippen LogP contribution is -2.20. The van der Waals surface area contributed by atoms with Crippen LogP contribution in [0, 0.1) is 0 Å². The third kappa shape index (κ3) is 3.74. The highest BCUT2D eigenvalue weighted by molar-refractivity contribution is 5.69. The molecule has 0 aliphatic carbocycles. The molecule has 1 N–H and O–H groups in total. The molecule has 0 atom stereocenters. The van der Waals surface area contributed by atoms with Gasteiger partial charge in [-0.15, -0.1) is 0 Å². The number of hydrogen-bond acceptors (Lipinski definition) is 3. The van der Waals surface area contributed by atoms with Crippen LogP contribution in [-0.2, 0) is 0 Å². The van der Waals surface area contributed by atoms with E-state index in [-0.39, 0.29) is 6.10 Å². The Morgan fingerprint density at radius 3 is 2.74 bits per heavy atom. The summed E-state index contributed by atoms with van der Waals surface area (Å²) in [4.78, 5) is 0. The van der Waals surface area contributed by atoms with Crippen LogP contribution in [-0.4, -0.2) is 25.8 Å². The van der Waals surface area contributed by atoms with Crippen molar-refractivity contribution in [2.45, 2.75) is 33.3 Å². The summed E-state index contributed by atoms with van der Waals surface area (Å²) < 4.78 is 11.5. The van der Waals surface area contributed by atoms with Gasteiger partial charge < -0.3 is 14.8 Å². The first kappa shape index (κ1) is 13.9. The fraction of sp³-hybridized carbons (Fsp3) is 0.500. The van der Waals surface area contributed by atoms with Crippen LogP contribution in [0.1, 0.15) is 32.8 Å². The summed E-state index contributed by atoms with van der Waals surface area (Å²) in [6, 6.07) is 6.24. The monoisotopic (exact) mass is 261 g/mol. The third-order valence-electron chi connectivity index (χ3n) is 3.04. The van der Waals surface area contributed by atoms with E-state index in [0.717, 1.165) is 31.0 Å². The van der Waals surface area contributed by atoms with E-state index in [1.165, 1.54) is 11.1 Å². The highest BCUT2D eigenvalue weighted by atomic mass is 16.5. The minimum absolute atomic E-state index is 0.156. The highest BCUT2D eigenvalue weighted by Crippen LogP contribution is 2.32. The molecule has 1 aromatic carbocycles. The van der Waals surface area contributed by atoms with Crippen molar-refractivity contribution in [3.8, 4) is 11.5 Å². The van der Waals surface area contributed by atoms with E-state index in [1.54, 1.807) is 0 Å².